The van der Waals surface area contributed by atoms with Gasteiger partial charge in [0.1, 0.15) is 0 Å². The molecule has 1 rings (SSSR count). The van der Waals surface area contributed by atoms with Crippen molar-refractivity contribution in [3.05, 3.63) is 34.4 Å². The standard InChI is InChI=1S/C10H9F4N/c1-4(2)6-9(13)7(11)5(3-15)8(12)10(6)14/h3-4,15H,1-2H3. The number of benzene rings is 1. The molecule has 0 saturated heterocycles. The van der Waals surface area contributed by atoms with Crippen LogP contribution in [0.15, 0.2) is 0 Å². The van der Waals surface area contributed by atoms with Gasteiger partial charge in [-0.2, -0.15) is 0 Å². The lowest BCUT2D eigenvalue weighted by Crippen LogP contribution is -2.09. The normalized spacial score (nSPS) is 10.9. The Hall–Kier alpha value is -1.39. The second-order valence-corrected chi connectivity index (χ2v) is 3.38. The van der Waals surface area contributed by atoms with Gasteiger partial charge in [0.15, 0.2) is 23.3 Å². The molecule has 0 aliphatic carbocycles. The van der Waals surface area contributed by atoms with Gasteiger partial charge in [-0.05, 0) is 5.92 Å². The lowest BCUT2D eigenvalue weighted by atomic mass is 9.99. The van der Waals surface area contributed by atoms with Crippen molar-refractivity contribution in [2.45, 2.75) is 19.8 Å². The molecule has 15 heavy (non-hydrogen) atoms. The number of nitrogens with one attached hydrogen (secondary N) is 1. The van der Waals surface area contributed by atoms with E-state index >= 15 is 0 Å². The van der Waals surface area contributed by atoms with Gasteiger partial charge in [-0.1, -0.05) is 13.8 Å². The quantitative estimate of drug-likeness (QED) is 0.448. The number of hydrogen-bond acceptors (Lipinski definition) is 1. The first kappa shape index (κ1) is 11.7. The molecule has 1 N–H and O–H groups in total. The molecule has 0 amide bonds. The van der Waals surface area contributed by atoms with Crippen LogP contribution in [0.4, 0.5) is 17.6 Å². The molecule has 0 radical (unpaired) electrons. The number of halogens is 4. The summed E-state index contributed by atoms with van der Waals surface area (Å²) in [4.78, 5) is 0. The Balaban J connectivity index is 3.66. The zero-order valence-electron chi connectivity index (χ0n) is 8.17. The Labute approximate surface area is 84.2 Å². The molecule has 0 aromatic heterocycles. The van der Waals surface area contributed by atoms with Crippen molar-refractivity contribution in [2.24, 2.45) is 0 Å². The maximum atomic E-state index is 13.3. The number of hydrogen-bond donors (Lipinski definition) is 1. The van der Waals surface area contributed by atoms with Gasteiger partial charge in [0.05, 0.1) is 5.56 Å². The van der Waals surface area contributed by atoms with E-state index in [-0.39, 0.29) is 6.21 Å². The van der Waals surface area contributed by atoms with Crippen molar-refractivity contribution in [2.75, 3.05) is 0 Å². The highest BCUT2D eigenvalue weighted by Crippen LogP contribution is 2.28. The van der Waals surface area contributed by atoms with Crippen molar-refractivity contribution in [1.82, 2.24) is 0 Å². The average Bonchev–Trinajstić information content (AvgIpc) is 2.16. The van der Waals surface area contributed by atoms with Crippen LogP contribution in [0.5, 0.6) is 0 Å². The molecule has 0 heterocycles. The van der Waals surface area contributed by atoms with Crippen LogP contribution >= 0.6 is 0 Å². The van der Waals surface area contributed by atoms with Gasteiger partial charge in [-0.25, -0.2) is 17.6 Å². The van der Waals surface area contributed by atoms with Gasteiger partial charge < -0.3 is 5.41 Å². The summed E-state index contributed by atoms with van der Waals surface area (Å²) in [7, 11) is 0. The summed E-state index contributed by atoms with van der Waals surface area (Å²) < 4.78 is 52.8. The van der Waals surface area contributed by atoms with E-state index in [2.05, 4.69) is 0 Å². The van der Waals surface area contributed by atoms with Crippen LogP contribution in [0.25, 0.3) is 0 Å². The van der Waals surface area contributed by atoms with Crippen molar-refractivity contribution in [3.8, 4) is 0 Å². The molecule has 0 aliphatic heterocycles. The second-order valence-electron chi connectivity index (χ2n) is 3.38. The summed E-state index contributed by atoms with van der Waals surface area (Å²) >= 11 is 0. The molecule has 0 unspecified atom stereocenters. The van der Waals surface area contributed by atoms with E-state index in [9.17, 15) is 17.6 Å². The monoisotopic (exact) mass is 219 g/mol. The predicted molar refractivity (Wildman–Crippen MR) is 48.2 cm³/mol. The predicted octanol–water partition coefficient (Wildman–Crippen LogP) is 3.36. The maximum Gasteiger partial charge on any atom is 0.171 e. The third kappa shape index (κ3) is 1.73. The zero-order valence-corrected chi connectivity index (χ0v) is 8.17. The summed E-state index contributed by atoms with van der Waals surface area (Å²) in [6, 6.07) is 0. The van der Waals surface area contributed by atoms with E-state index in [1.165, 1.54) is 13.8 Å². The third-order valence-corrected chi connectivity index (χ3v) is 2.05. The number of rotatable bonds is 2. The minimum Gasteiger partial charge on any atom is -0.308 e. The fourth-order valence-corrected chi connectivity index (χ4v) is 1.30. The molecule has 0 bridgehead atoms. The molecule has 1 nitrogen and oxygen atoms in total. The van der Waals surface area contributed by atoms with Gasteiger partial charge >= 0.3 is 0 Å². The minimum absolute atomic E-state index is 0.251. The Bertz CT molecular complexity index is 383. The fourth-order valence-electron chi connectivity index (χ4n) is 1.30. The summed E-state index contributed by atoms with van der Waals surface area (Å²) in [6.45, 7) is 2.84. The van der Waals surface area contributed by atoms with E-state index in [1.54, 1.807) is 0 Å². The first-order chi connectivity index (χ1) is 6.91. The molecular weight excluding hydrogens is 210 g/mol. The molecule has 82 valence electrons. The van der Waals surface area contributed by atoms with Gasteiger partial charge in [0, 0.05) is 11.8 Å². The van der Waals surface area contributed by atoms with E-state index < -0.39 is 40.3 Å². The molecule has 0 spiro atoms. The van der Waals surface area contributed by atoms with E-state index in [4.69, 9.17) is 5.41 Å². The zero-order chi connectivity index (χ0) is 11.7. The Morgan fingerprint density at radius 3 is 1.60 bits per heavy atom. The highest BCUT2D eigenvalue weighted by atomic mass is 19.2. The second kappa shape index (κ2) is 4.00. The van der Waals surface area contributed by atoms with Crippen molar-refractivity contribution < 1.29 is 17.6 Å². The van der Waals surface area contributed by atoms with Crippen LogP contribution in [0, 0.1) is 28.7 Å². The Kier molecular flexibility index (Phi) is 3.12. The van der Waals surface area contributed by atoms with Crippen LogP contribution in [0.3, 0.4) is 0 Å². The van der Waals surface area contributed by atoms with E-state index in [0.29, 0.717) is 0 Å². The molecule has 0 atom stereocenters. The summed E-state index contributed by atoms with van der Waals surface area (Å²) in [5, 5.41) is 6.66. The molecule has 0 fully saturated rings. The summed E-state index contributed by atoms with van der Waals surface area (Å²) in [5.41, 5.74) is -1.62. The Morgan fingerprint density at radius 2 is 1.33 bits per heavy atom. The van der Waals surface area contributed by atoms with Crippen LogP contribution in [-0.4, -0.2) is 6.21 Å². The molecule has 0 aliphatic rings. The molecule has 1 aromatic carbocycles. The van der Waals surface area contributed by atoms with Crippen LogP contribution in [-0.2, 0) is 0 Å². The largest absolute Gasteiger partial charge is 0.308 e. The van der Waals surface area contributed by atoms with Crippen LogP contribution in [0.1, 0.15) is 30.9 Å². The topological polar surface area (TPSA) is 23.9 Å². The molecule has 0 saturated carbocycles. The third-order valence-electron chi connectivity index (χ3n) is 2.05. The molecule has 5 heteroatoms. The van der Waals surface area contributed by atoms with Crippen molar-refractivity contribution in [1.29, 1.82) is 5.41 Å². The van der Waals surface area contributed by atoms with Crippen LogP contribution in [0.2, 0.25) is 0 Å². The van der Waals surface area contributed by atoms with Crippen molar-refractivity contribution in [3.63, 3.8) is 0 Å². The van der Waals surface area contributed by atoms with Gasteiger partial charge in [0.25, 0.3) is 0 Å². The summed E-state index contributed by atoms with van der Waals surface area (Å²) in [5.74, 6) is -6.57. The van der Waals surface area contributed by atoms with Gasteiger partial charge in [-0.3, -0.25) is 0 Å². The lowest BCUT2D eigenvalue weighted by molar-refractivity contribution is 0.431. The van der Waals surface area contributed by atoms with Crippen molar-refractivity contribution >= 4 is 6.21 Å². The smallest absolute Gasteiger partial charge is 0.171 e. The highest BCUT2D eigenvalue weighted by molar-refractivity contribution is 5.78. The molecular formula is C10H9F4N. The SMILES string of the molecule is CC(C)c1c(F)c(F)c(C=N)c(F)c1F. The average molecular weight is 219 g/mol. The first-order valence-electron chi connectivity index (χ1n) is 4.28. The molecule has 1 aromatic rings. The van der Waals surface area contributed by atoms with Gasteiger partial charge in [-0.15, -0.1) is 0 Å². The summed E-state index contributed by atoms with van der Waals surface area (Å²) in [6.07, 6.45) is 0.251. The van der Waals surface area contributed by atoms with E-state index in [0.717, 1.165) is 0 Å². The van der Waals surface area contributed by atoms with Crippen LogP contribution < -0.4 is 0 Å². The van der Waals surface area contributed by atoms with E-state index in [1.807, 2.05) is 0 Å². The fraction of sp³-hybridized carbons (Fsp3) is 0.300. The maximum absolute atomic E-state index is 13.3. The van der Waals surface area contributed by atoms with Gasteiger partial charge in [0.2, 0.25) is 0 Å². The lowest BCUT2D eigenvalue weighted by Gasteiger charge is -2.11. The Morgan fingerprint density at radius 1 is 0.933 bits per heavy atom. The highest BCUT2D eigenvalue weighted by Gasteiger charge is 2.25. The first-order valence-corrected chi connectivity index (χ1v) is 4.28. The minimum atomic E-state index is -1.52.